The van der Waals surface area contributed by atoms with E-state index in [1.165, 1.54) is 16.8 Å². The molecule has 0 amide bonds. The number of nitrogens with zero attached hydrogens (tertiary/aromatic N) is 5. The van der Waals surface area contributed by atoms with Gasteiger partial charge in [-0.2, -0.15) is 9.29 Å². The van der Waals surface area contributed by atoms with Crippen LogP contribution in [-0.2, 0) is 27.7 Å². The summed E-state index contributed by atoms with van der Waals surface area (Å²) < 4.78 is 39.8. The highest BCUT2D eigenvalue weighted by atomic mass is 79.9. The topological polar surface area (TPSA) is 103 Å². The van der Waals surface area contributed by atoms with Crippen molar-refractivity contribution in [2.45, 2.75) is 18.0 Å². The Kier molecular flexibility index (Phi) is 5.58. The van der Waals surface area contributed by atoms with Crippen molar-refractivity contribution in [1.29, 1.82) is 0 Å². The zero-order valence-corrected chi connectivity index (χ0v) is 17.3. The van der Waals surface area contributed by atoms with Gasteiger partial charge in [-0.3, -0.25) is 0 Å². The Morgan fingerprint density at radius 1 is 1.14 bits per heavy atom. The molecule has 9 nitrogen and oxygen atoms in total. The molecule has 0 N–H and O–H groups in total. The summed E-state index contributed by atoms with van der Waals surface area (Å²) >= 11 is 3.40. The molecular formula is C17H18BrN5O4S. The van der Waals surface area contributed by atoms with E-state index in [0.29, 0.717) is 44.4 Å². The number of hydrogen-bond acceptors (Lipinski definition) is 7. The third-order valence-electron chi connectivity index (χ3n) is 4.29. The van der Waals surface area contributed by atoms with Crippen molar-refractivity contribution in [3.8, 4) is 0 Å². The van der Waals surface area contributed by atoms with Crippen molar-refractivity contribution in [3.63, 3.8) is 0 Å². The molecule has 1 saturated heterocycles. The number of morpholine rings is 1. The van der Waals surface area contributed by atoms with Gasteiger partial charge in [-0.25, -0.2) is 13.4 Å². The van der Waals surface area contributed by atoms with Crippen LogP contribution in [0.3, 0.4) is 0 Å². The van der Waals surface area contributed by atoms with Crippen LogP contribution in [0.4, 0.5) is 0 Å². The van der Waals surface area contributed by atoms with Gasteiger partial charge in [-0.15, -0.1) is 0 Å². The predicted octanol–water partition coefficient (Wildman–Crippen LogP) is 1.69. The fourth-order valence-corrected chi connectivity index (χ4v) is 4.45. The number of benzene rings is 1. The van der Waals surface area contributed by atoms with Gasteiger partial charge in [0.1, 0.15) is 0 Å². The van der Waals surface area contributed by atoms with Crippen LogP contribution in [0.25, 0.3) is 0 Å². The Hall–Kier alpha value is -2.08. The Morgan fingerprint density at radius 3 is 2.64 bits per heavy atom. The van der Waals surface area contributed by atoms with Gasteiger partial charge in [-0.1, -0.05) is 33.2 Å². The summed E-state index contributed by atoms with van der Waals surface area (Å²) in [6.45, 7) is 1.72. The van der Waals surface area contributed by atoms with Crippen molar-refractivity contribution in [2.75, 3.05) is 26.3 Å². The second-order valence-corrected chi connectivity index (χ2v) is 9.11. The maximum absolute atomic E-state index is 12.6. The molecule has 28 heavy (non-hydrogen) atoms. The number of ether oxygens (including phenoxy) is 1. The maximum Gasteiger partial charge on any atom is 0.262 e. The van der Waals surface area contributed by atoms with E-state index in [1.807, 2.05) is 24.3 Å². The second kappa shape index (κ2) is 8.11. The van der Waals surface area contributed by atoms with Crippen LogP contribution in [0.1, 0.15) is 17.3 Å². The van der Waals surface area contributed by atoms with Crippen LogP contribution >= 0.6 is 15.9 Å². The molecule has 3 aromatic rings. The van der Waals surface area contributed by atoms with Crippen LogP contribution in [0.2, 0.25) is 0 Å². The molecule has 0 spiro atoms. The maximum atomic E-state index is 12.6. The van der Waals surface area contributed by atoms with Gasteiger partial charge >= 0.3 is 0 Å². The molecule has 0 unspecified atom stereocenters. The summed E-state index contributed by atoms with van der Waals surface area (Å²) in [5.41, 5.74) is 1.06. The SMILES string of the molecule is O=S(=O)(c1cn(Cc2noc(Cc3ccc(Br)cc3)n2)cn1)N1CCOCC1. The van der Waals surface area contributed by atoms with Crippen molar-refractivity contribution in [2.24, 2.45) is 0 Å². The third-order valence-corrected chi connectivity index (χ3v) is 6.60. The monoisotopic (exact) mass is 467 g/mol. The lowest BCUT2D eigenvalue weighted by Crippen LogP contribution is -2.40. The summed E-state index contributed by atoms with van der Waals surface area (Å²) in [5.74, 6) is 0.957. The van der Waals surface area contributed by atoms with Crippen molar-refractivity contribution in [1.82, 2.24) is 24.0 Å². The lowest BCUT2D eigenvalue weighted by atomic mass is 10.1. The van der Waals surface area contributed by atoms with Gasteiger partial charge in [0.05, 0.1) is 32.5 Å². The molecule has 1 aliphatic heterocycles. The van der Waals surface area contributed by atoms with Gasteiger partial charge in [0, 0.05) is 23.8 Å². The number of halogens is 1. The zero-order chi connectivity index (χ0) is 19.6. The molecule has 0 saturated carbocycles. The lowest BCUT2D eigenvalue weighted by molar-refractivity contribution is 0.0729. The molecule has 1 aliphatic rings. The summed E-state index contributed by atoms with van der Waals surface area (Å²) in [6.07, 6.45) is 3.47. The van der Waals surface area contributed by atoms with Crippen LogP contribution in [0, 0.1) is 0 Å². The van der Waals surface area contributed by atoms with E-state index in [0.717, 1.165) is 10.0 Å². The Bertz CT molecular complexity index is 1040. The molecule has 0 aliphatic carbocycles. The number of rotatable bonds is 6. The summed E-state index contributed by atoms with van der Waals surface area (Å²) in [6, 6.07) is 7.86. The molecule has 0 bridgehead atoms. The number of imidazole rings is 1. The molecule has 1 fully saturated rings. The largest absolute Gasteiger partial charge is 0.379 e. The van der Waals surface area contributed by atoms with E-state index >= 15 is 0 Å². The number of hydrogen-bond donors (Lipinski definition) is 0. The van der Waals surface area contributed by atoms with E-state index in [9.17, 15) is 8.42 Å². The first-order valence-corrected chi connectivity index (χ1v) is 10.9. The average Bonchev–Trinajstić information content (AvgIpc) is 3.35. The Morgan fingerprint density at radius 2 is 1.89 bits per heavy atom. The standard InChI is InChI=1S/C17H18BrN5O4S/c18-14-3-1-13(2-4-14)9-16-20-15(21-27-16)10-22-11-17(19-12-22)28(24,25)23-5-7-26-8-6-23/h1-4,11-12H,5-10H2. The van der Waals surface area contributed by atoms with E-state index in [1.54, 1.807) is 4.57 Å². The molecule has 2 aromatic heterocycles. The fourth-order valence-electron chi connectivity index (χ4n) is 2.84. The first-order valence-electron chi connectivity index (χ1n) is 8.66. The minimum Gasteiger partial charge on any atom is -0.379 e. The number of aromatic nitrogens is 4. The van der Waals surface area contributed by atoms with Crippen molar-refractivity contribution >= 4 is 26.0 Å². The highest BCUT2D eigenvalue weighted by Crippen LogP contribution is 2.16. The normalized spacial score (nSPS) is 15.8. The van der Waals surface area contributed by atoms with Crippen LogP contribution < -0.4 is 0 Å². The summed E-state index contributed by atoms with van der Waals surface area (Å²) in [7, 11) is -3.62. The van der Waals surface area contributed by atoms with E-state index < -0.39 is 10.0 Å². The highest BCUT2D eigenvalue weighted by molar-refractivity contribution is 9.10. The minimum absolute atomic E-state index is 0.00739. The molecular weight excluding hydrogens is 450 g/mol. The molecule has 0 atom stereocenters. The Balaban J connectivity index is 1.43. The van der Waals surface area contributed by atoms with Gasteiger partial charge in [-0.05, 0) is 17.7 Å². The van der Waals surface area contributed by atoms with Gasteiger partial charge < -0.3 is 13.8 Å². The Labute approximate surface area is 170 Å². The van der Waals surface area contributed by atoms with E-state index in [-0.39, 0.29) is 11.6 Å². The van der Waals surface area contributed by atoms with Crippen LogP contribution in [0.15, 0.2) is 50.8 Å². The molecule has 4 rings (SSSR count). The lowest BCUT2D eigenvalue weighted by Gasteiger charge is -2.24. The summed E-state index contributed by atoms with van der Waals surface area (Å²) in [5, 5.41) is 3.97. The average molecular weight is 468 g/mol. The zero-order valence-electron chi connectivity index (χ0n) is 14.9. The third kappa shape index (κ3) is 4.32. The molecule has 0 radical (unpaired) electrons. The van der Waals surface area contributed by atoms with E-state index in [2.05, 4.69) is 31.1 Å². The molecule has 148 valence electrons. The second-order valence-electron chi connectivity index (χ2n) is 6.31. The number of sulfonamides is 1. The molecule has 3 heterocycles. The highest BCUT2D eigenvalue weighted by Gasteiger charge is 2.28. The quantitative estimate of drug-likeness (QED) is 0.543. The van der Waals surface area contributed by atoms with Crippen LogP contribution in [0.5, 0.6) is 0 Å². The first kappa shape index (κ1) is 19.2. The van der Waals surface area contributed by atoms with Crippen molar-refractivity contribution < 1.29 is 17.7 Å². The van der Waals surface area contributed by atoms with Crippen molar-refractivity contribution in [3.05, 3.63) is 58.5 Å². The summed E-state index contributed by atoms with van der Waals surface area (Å²) in [4.78, 5) is 8.41. The predicted molar refractivity (Wildman–Crippen MR) is 102 cm³/mol. The smallest absolute Gasteiger partial charge is 0.262 e. The van der Waals surface area contributed by atoms with Gasteiger partial charge in [0.2, 0.25) is 5.89 Å². The van der Waals surface area contributed by atoms with Gasteiger partial charge in [0.15, 0.2) is 10.9 Å². The van der Waals surface area contributed by atoms with Gasteiger partial charge in [0.25, 0.3) is 10.0 Å². The van der Waals surface area contributed by atoms with E-state index in [4.69, 9.17) is 9.26 Å². The van der Waals surface area contributed by atoms with Crippen LogP contribution in [-0.4, -0.2) is 58.7 Å². The minimum atomic E-state index is -3.62. The molecule has 11 heteroatoms. The fraction of sp³-hybridized carbons (Fsp3) is 0.353. The first-order chi connectivity index (χ1) is 13.5. The molecule has 1 aromatic carbocycles.